The molecule has 0 spiro atoms. The number of carbonyl (C=O) groups excluding carboxylic acids is 2. The average molecular weight is 330 g/mol. The number of anilines is 1. The number of amides is 2. The first kappa shape index (κ1) is 17.0. The number of rotatable bonds is 5. The zero-order chi connectivity index (χ0) is 16.8. The molecule has 1 aromatic rings. The van der Waals surface area contributed by atoms with Crippen molar-refractivity contribution in [3.63, 3.8) is 0 Å². The van der Waals surface area contributed by atoms with E-state index in [1.54, 1.807) is 24.3 Å². The minimum atomic E-state index is -0.161. The third-order valence-electron chi connectivity index (χ3n) is 4.79. The molecule has 1 aromatic carbocycles. The highest BCUT2D eigenvalue weighted by Crippen LogP contribution is 2.20. The molecule has 1 aliphatic carbocycles. The van der Waals surface area contributed by atoms with Gasteiger partial charge in [0.15, 0.2) is 0 Å². The molecule has 0 unspecified atom stereocenters. The van der Waals surface area contributed by atoms with Crippen LogP contribution in [0.15, 0.2) is 24.3 Å². The van der Waals surface area contributed by atoms with Crippen LogP contribution in [0.25, 0.3) is 0 Å². The molecule has 1 aliphatic heterocycles. The second-order valence-electron chi connectivity index (χ2n) is 6.70. The van der Waals surface area contributed by atoms with Crippen molar-refractivity contribution in [2.24, 2.45) is 0 Å². The number of benzene rings is 1. The normalized spacial score (nSPS) is 18.6. The summed E-state index contributed by atoms with van der Waals surface area (Å²) < 4.78 is 5.69. The number of hydrogen-bond donors (Lipinski definition) is 1. The van der Waals surface area contributed by atoms with E-state index in [0.717, 1.165) is 38.8 Å². The van der Waals surface area contributed by atoms with Crippen molar-refractivity contribution in [1.29, 1.82) is 0 Å². The summed E-state index contributed by atoms with van der Waals surface area (Å²) in [4.78, 5) is 26.3. The zero-order valence-electron chi connectivity index (χ0n) is 14.1. The van der Waals surface area contributed by atoms with Crippen molar-refractivity contribution in [3.8, 4) is 0 Å². The summed E-state index contributed by atoms with van der Waals surface area (Å²) in [7, 11) is 0. The molecule has 2 amide bonds. The van der Waals surface area contributed by atoms with Crippen LogP contribution in [0.3, 0.4) is 0 Å². The quantitative estimate of drug-likeness (QED) is 0.902. The molecule has 130 valence electrons. The van der Waals surface area contributed by atoms with Crippen LogP contribution in [0, 0.1) is 0 Å². The van der Waals surface area contributed by atoms with Crippen LogP contribution in [-0.2, 0) is 9.53 Å². The molecule has 1 heterocycles. The van der Waals surface area contributed by atoms with E-state index in [1.165, 1.54) is 19.3 Å². The molecule has 1 N–H and O–H groups in total. The highest BCUT2D eigenvalue weighted by Gasteiger charge is 2.20. The van der Waals surface area contributed by atoms with Gasteiger partial charge in [-0.2, -0.15) is 0 Å². The van der Waals surface area contributed by atoms with E-state index in [0.29, 0.717) is 11.3 Å². The molecule has 1 saturated heterocycles. The van der Waals surface area contributed by atoms with Gasteiger partial charge in [-0.3, -0.25) is 9.59 Å². The van der Waals surface area contributed by atoms with E-state index in [4.69, 9.17) is 4.74 Å². The van der Waals surface area contributed by atoms with Crippen LogP contribution in [0.4, 0.5) is 5.69 Å². The van der Waals surface area contributed by atoms with Crippen molar-refractivity contribution in [2.75, 3.05) is 25.0 Å². The predicted octanol–water partition coefficient (Wildman–Crippen LogP) is 3.21. The van der Waals surface area contributed by atoms with Gasteiger partial charge < -0.3 is 15.0 Å². The molecule has 3 rings (SSSR count). The summed E-state index contributed by atoms with van der Waals surface area (Å²) in [6, 6.07) is 7.16. The number of hydrogen-bond acceptors (Lipinski definition) is 3. The fourth-order valence-corrected chi connectivity index (χ4v) is 3.46. The van der Waals surface area contributed by atoms with E-state index >= 15 is 0 Å². The molecular formula is C19H26N2O3. The van der Waals surface area contributed by atoms with Gasteiger partial charge >= 0.3 is 0 Å². The molecule has 0 radical (unpaired) electrons. The molecule has 5 nitrogen and oxygen atoms in total. The number of nitrogens with one attached hydrogen (secondary N) is 1. The van der Waals surface area contributed by atoms with Gasteiger partial charge in [-0.25, -0.2) is 0 Å². The second kappa shape index (κ2) is 8.29. The lowest BCUT2D eigenvalue weighted by atomic mass is 9.98. The third-order valence-corrected chi connectivity index (χ3v) is 4.79. The van der Waals surface area contributed by atoms with E-state index < -0.39 is 0 Å². The summed E-state index contributed by atoms with van der Waals surface area (Å²) in [5.41, 5.74) is 1.28. The highest BCUT2D eigenvalue weighted by molar-refractivity contribution is 5.97. The number of nitrogens with zero attached hydrogens (tertiary/aromatic N) is 1. The predicted molar refractivity (Wildman–Crippen MR) is 93.0 cm³/mol. The highest BCUT2D eigenvalue weighted by atomic mass is 16.5. The summed E-state index contributed by atoms with van der Waals surface area (Å²) in [5.74, 6) is -0.117. The molecule has 0 aromatic heterocycles. The van der Waals surface area contributed by atoms with Crippen LogP contribution in [0.1, 0.15) is 55.3 Å². The lowest BCUT2D eigenvalue weighted by Gasteiger charge is -2.21. The Morgan fingerprint density at radius 3 is 2.58 bits per heavy atom. The van der Waals surface area contributed by atoms with Crippen molar-refractivity contribution >= 4 is 17.5 Å². The Bertz CT molecular complexity index is 576. The topological polar surface area (TPSA) is 58.6 Å². The minimum absolute atomic E-state index is 0.0436. The number of ether oxygens (including phenoxy) is 1. The van der Waals surface area contributed by atoms with Crippen molar-refractivity contribution < 1.29 is 14.3 Å². The van der Waals surface area contributed by atoms with Gasteiger partial charge in [-0.15, -0.1) is 0 Å². The van der Waals surface area contributed by atoms with E-state index in [2.05, 4.69) is 5.32 Å². The molecule has 2 aliphatic rings. The Kier molecular flexibility index (Phi) is 5.86. The van der Waals surface area contributed by atoms with Gasteiger partial charge in [0.1, 0.15) is 6.61 Å². The van der Waals surface area contributed by atoms with Gasteiger partial charge in [0.25, 0.3) is 5.91 Å². The molecular weight excluding hydrogens is 304 g/mol. The van der Waals surface area contributed by atoms with E-state index in [9.17, 15) is 9.59 Å². The van der Waals surface area contributed by atoms with Gasteiger partial charge in [-0.05, 0) is 43.9 Å². The molecule has 1 saturated carbocycles. The standard InChI is InChI=1S/C19H26N2O3/c22-18(14-24-17-9-2-1-3-10-17)20-16-8-6-7-15(13-16)19(23)21-11-4-5-12-21/h6-8,13,17H,1-5,9-12,14H2,(H,20,22). The van der Waals surface area contributed by atoms with Crippen molar-refractivity contribution in [3.05, 3.63) is 29.8 Å². The number of carbonyl (C=O) groups is 2. The van der Waals surface area contributed by atoms with Crippen LogP contribution in [-0.4, -0.2) is 42.5 Å². The molecule has 5 heteroatoms. The third kappa shape index (κ3) is 4.57. The minimum Gasteiger partial charge on any atom is -0.368 e. The lowest BCUT2D eigenvalue weighted by molar-refractivity contribution is -0.123. The van der Waals surface area contributed by atoms with Gasteiger partial charge in [0, 0.05) is 24.3 Å². The molecule has 2 fully saturated rings. The fourth-order valence-electron chi connectivity index (χ4n) is 3.46. The maximum absolute atomic E-state index is 12.4. The smallest absolute Gasteiger partial charge is 0.253 e. The second-order valence-corrected chi connectivity index (χ2v) is 6.70. The van der Waals surface area contributed by atoms with E-state index in [1.807, 2.05) is 4.90 Å². The first-order valence-corrected chi connectivity index (χ1v) is 9.03. The SMILES string of the molecule is O=C(COC1CCCCC1)Nc1cccc(C(=O)N2CCCC2)c1. The first-order valence-electron chi connectivity index (χ1n) is 9.03. The van der Waals surface area contributed by atoms with E-state index in [-0.39, 0.29) is 24.5 Å². The maximum Gasteiger partial charge on any atom is 0.253 e. The molecule has 0 atom stereocenters. The van der Waals surface area contributed by atoms with Crippen LogP contribution < -0.4 is 5.32 Å². The number of likely N-dealkylation sites (tertiary alicyclic amines) is 1. The average Bonchev–Trinajstić information content (AvgIpc) is 3.15. The summed E-state index contributed by atoms with van der Waals surface area (Å²) >= 11 is 0. The van der Waals surface area contributed by atoms with Gasteiger partial charge in [-0.1, -0.05) is 25.3 Å². The Balaban J connectivity index is 1.51. The Hall–Kier alpha value is -1.88. The maximum atomic E-state index is 12.4. The first-order chi connectivity index (χ1) is 11.7. The fraction of sp³-hybridized carbons (Fsp3) is 0.579. The van der Waals surface area contributed by atoms with Gasteiger partial charge in [0.05, 0.1) is 6.10 Å². The largest absolute Gasteiger partial charge is 0.368 e. The summed E-state index contributed by atoms with van der Waals surface area (Å²) in [6.45, 7) is 1.73. The van der Waals surface area contributed by atoms with Crippen molar-refractivity contribution in [2.45, 2.75) is 51.0 Å². The molecule has 24 heavy (non-hydrogen) atoms. The Morgan fingerprint density at radius 2 is 1.83 bits per heavy atom. The Labute approximate surface area is 143 Å². The summed E-state index contributed by atoms with van der Waals surface area (Å²) in [5, 5.41) is 2.83. The van der Waals surface area contributed by atoms with Crippen molar-refractivity contribution in [1.82, 2.24) is 4.90 Å². The van der Waals surface area contributed by atoms with Gasteiger partial charge in [0.2, 0.25) is 5.91 Å². The zero-order valence-corrected chi connectivity index (χ0v) is 14.1. The molecule has 0 bridgehead atoms. The van der Waals surface area contributed by atoms with Crippen LogP contribution in [0.2, 0.25) is 0 Å². The Morgan fingerprint density at radius 1 is 1.08 bits per heavy atom. The van der Waals surface area contributed by atoms with Crippen LogP contribution in [0.5, 0.6) is 0 Å². The van der Waals surface area contributed by atoms with Crippen LogP contribution >= 0.6 is 0 Å². The lowest BCUT2D eigenvalue weighted by Crippen LogP contribution is -2.28. The monoisotopic (exact) mass is 330 g/mol. The summed E-state index contributed by atoms with van der Waals surface area (Å²) in [6.07, 6.45) is 8.10.